The monoisotopic (exact) mass is 318 g/mol. The number of benzene rings is 1. The van der Waals surface area contributed by atoms with Crippen molar-refractivity contribution < 1.29 is 8.42 Å². The van der Waals surface area contributed by atoms with E-state index >= 15 is 0 Å². The van der Waals surface area contributed by atoms with Crippen LogP contribution in [-0.2, 0) is 22.9 Å². The summed E-state index contributed by atoms with van der Waals surface area (Å²) in [6.07, 6.45) is 3.76. The van der Waals surface area contributed by atoms with Gasteiger partial charge in [0.05, 0.1) is 5.75 Å². The Morgan fingerprint density at radius 3 is 2.45 bits per heavy atom. The third-order valence-corrected chi connectivity index (χ3v) is 4.95. The van der Waals surface area contributed by atoms with Crippen LogP contribution in [0.1, 0.15) is 24.6 Å². The Balaban J connectivity index is 1.78. The van der Waals surface area contributed by atoms with Gasteiger partial charge >= 0.3 is 0 Å². The fourth-order valence-electron chi connectivity index (χ4n) is 2.24. The molecule has 0 aliphatic carbocycles. The van der Waals surface area contributed by atoms with E-state index in [0.29, 0.717) is 6.42 Å². The van der Waals surface area contributed by atoms with E-state index in [-0.39, 0.29) is 11.8 Å². The number of nitrogens with zero attached hydrogens (tertiary/aromatic N) is 1. The zero-order valence-corrected chi connectivity index (χ0v) is 13.6. The Labute approximate surface area is 132 Å². The molecule has 0 spiro atoms. The predicted molar refractivity (Wildman–Crippen MR) is 89.1 cm³/mol. The minimum absolute atomic E-state index is 0.0691. The predicted octanol–water partition coefficient (Wildman–Crippen LogP) is 2.56. The van der Waals surface area contributed by atoms with Crippen LogP contribution >= 0.6 is 0 Å². The Bertz CT molecular complexity index is 658. The molecule has 1 unspecified atom stereocenters. The summed E-state index contributed by atoms with van der Waals surface area (Å²) in [6, 6.07) is 15.5. The van der Waals surface area contributed by atoms with Gasteiger partial charge in [-0.15, -0.1) is 0 Å². The van der Waals surface area contributed by atoms with E-state index in [0.717, 1.165) is 18.5 Å². The van der Waals surface area contributed by atoms with Crippen LogP contribution in [0.2, 0.25) is 0 Å². The van der Waals surface area contributed by atoms with Crippen molar-refractivity contribution in [1.29, 1.82) is 0 Å². The zero-order valence-electron chi connectivity index (χ0n) is 12.8. The Morgan fingerprint density at radius 2 is 1.77 bits per heavy atom. The highest BCUT2D eigenvalue weighted by molar-refractivity contribution is 7.89. The van der Waals surface area contributed by atoms with Crippen molar-refractivity contribution in [3.63, 3.8) is 0 Å². The maximum absolute atomic E-state index is 12.1. The molecule has 1 N–H and O–H groups in total. The number of rotatable bonds is 8. The van der Waals surface area contributed by atoms with Crippen LogP contribution in [0, 0.1) is 0 Å². The number of hydrogen-bond acceptors (Lipinski definition) is 3. The number of aryl methyl sites for hydroxylation is 2. The summed E-state index contributed by atoms with van der Waals surface area (Å²) in [7, 11) is -3.27. The van der Waals surface area contributed by atoms with Crippen LogP contribution in [0.4, 0.5) is 0 Å². The first-order valence-corrected chi connectivity index (χ1v) is 9.14. The number of pyridine rings is 1. The second kappa shape index (κ2) is 8.06. The molecular weight excluding hydrogens is 296 g/mol. The lowest BCUT2D eigenvalue weighted by molar-refractivity contribution is 0.546. The number of aromatic nitrogens is 1. The van der Waals surface area contributed by atoms with E-state index in [9.17, 15) is 8.42 Å². The fraction of sp³-hybridized carbons (Fsp3) is 0.353. The molecular formula is C17H22N2O2S. The Morgan fingerprint density at radius 1 is 1.05 bits per heavy atom. The third kappa shape index (κ3) is 5.95. The molecule has 22 heavy (non-hydrogen) atoms. The molecule has 0 aliphatic heterocycles. The first-order chi connectivity index (χ1) is 10.6. The lowest BCUT2D eigenvalue weighted by Gasteiger charge is -2.14. The molecule has 1 aromatic carbocycles. The molecule has 2 aromatic rings. The van der Waals surface area contributed by atoms with Crippen LogP contribution < -0.4 is 4.72 Å². The van der Waals surface area contributed by atoms with Crippen molar-refractivity contribution >= 4 is 10.0 Å². The van der Waals surface area contributed by atoms with Crippen molar-refractivity contribution in [2.24, 2.45) is 0 Å². The van der Waals surface area contributed by atoms with Crippen LogP contribution in [0.3, 0.4) is 0 Å². The maximum Gasteiger partial charge on any atom is 0.212 e. The molecule has 1 aromatic heterocycles. The summed E-state index contributed by atoms with van der Waals surface area (Å²) < 4.78 is 26.9. The zero-order chi connectivity index (χ0) is 15.8. The summed E-state index contributed by atoms with van der Waals surface area (Å²) in [5.41, 5.74) is 2.02. The Kier molecular flexibility index (Phi) is 6.10. The van der Waals surface area contributed by atoms with Crippen LogP contribution in [0.5, 0.6) is 0 Å². The normalized spacial score (nSPS) is 13.0. The van der Waals surface area contributed by atoms with Gasteiger partial charge < -0.3 is 0 Å². The summed E-state index contributed by atoms with van der Waals surface area (Å²) in [5, 5.41) is 0. The molecule has 0 saturated carbocycles. The highest BCUT2D eigenvalue weighted by atomic mass is 32.2. The quantitative estimate of drug-likeness (QED) is 0.814. The van der Waals surface area contributed by atoms with E-state index in [1.807, 2.05) is 43.3 Å². The average molecular weight is 318 g/mol. The van der Waals surface area contributed by atoms with Crippen LogP contribution in [0.25, 0.3) is 0 Å². The van der Waals surface area contributed by atoms with Crippen LogP contribution in [0.15, 0.2) is 54.7 Å². The van der Waals surface area contributed by atoms with Gasteiger partial charge in [0.25, 0.3) is 0 Å². The van der Waals surface area contributed by atoms with Gasteiger partial charge in [-0.2, -0.15) is 0 Å². The second-order valence-electron chi connectivity index (χ2n) is 5.43. The lowest BCUT2D eigenvalue weighted by atomic mass is 10.1. The number of nitrogens with one attached hydrogen (secondary N) is 1. The molecule has 0 amide bonds. The van der Waals surface area contributed by atoms with Gasteiger partial charge in [0.2, 0.25) is 10.0 Å². The molecule has 4 nitrogen and oxygen atoms in total. The maximum atomic E-state index is 12.1. The van der Waals surface area contributed by atoms with Gasteiger partial charge in [-0.1, -0.05) is 36.4 Å². The van der Waals surface area contributed by atoms with E-state index in [1.165, 1.54) is 5.56 Å². The van der Waals surface area contributed by atoms with Crippen molar-refractivity contribution in [1.82, 2.24) is 9.71 Å². The summed E-state index contributed by atoms with van der Waals surface area (Å²) >= 11 is 0. The summed E-state index contributed by atoms with van der Waals surface area (Å²) in [4.78, 5) is 4.14. The highest BCUT2D eigenvalue weighted by Gasteiger charge is 2.14. The Hall–Kier alpha value is -1.72. The largest absolute Gasteiger partial charge is 0.261 e. The van der Waals surface area contributed by atoms with Crippen LogP contribution in [-0.4, -0.2) is 25.2 Å². The van der Waals surface area contributed by atoms with Crippen molar-refractivity contribution in [3.8, 4) is 0 Å². The molecule has 0 fully saturated rings. The molecule has 1 atom stereocenters. The molecule has 5 heteroatoms. The van der Waals surface area contributed by atoms with E-state index in [4.69, 9.17) is 0 Å². The molecule has 0 saturated heterocycles. The van der Waals surface area contributed by atoms with E-state index < -0.39 is 10.0 Å². The minimum Gasteiger partial charge on any atom is -0.261 e. The molecule has 118 valence electrons. The smallest absolute Gasteiger partial charge is 0.212 e. The van der Waals surface area contributed by atoms with E-state index in [2.05, 4.69) is 21.8 Å². The third-order valence-electron chi connectivity index (χ3n) is 3.44. The molecule has 1 heterocycles. The SMILES string of the molecule is CC(CCc1ccccc1)NS(=O)(=O)CCc1ccccn1. The minimum atomic E-state index is -3.27. The fourth-order valence-corrected chi connectivity index (χ4v) is 3.56. The average Bonchev–Trinajstić information content (AvgIpc) is 2.53. The standard InChI is InChI=1S/C17H22N2O2S/c1-15(10-11-16-7-3-2-4-8-16)19-22(20,21)14-12-17-9-5-6-13-18-17/h2-9,13,15,19H,10-12,14H2,1H3. The lowest BCUT2D eigenvalue weighted by Crippen LogP contribution is -2.35. The molecule has 0 bridgehead atoms. The highest BCUT2D eigenvalue weighted by Crippen LogP contribution is 2.06. The summed E-state index contributed by atoms with van der Waals surface area (Å²) in [6.45, 7) is 1.90. The van der Waals surface area contributed by atoms with Crippen molar-refractivity contribution in [2.45, 2.75) is 32.2 Å². The van der Waals surface area contributed by atoms with Gasteiger partial charge in [-0.3, -0.25) is 4.98 Å². The van der Waals surface area contributed by atoms with Crippen molar-refractivity contribution in [2.75, 3.05) is 5.75 Å². The molecule has 0 aliphatic rings. The molecule has 2 rings (SSSR count). The van der Waals surface area contributed by atoms with Gasteiger partial charge in [0, 0.05) is 24.4 Å². The first kappa shape index (κ1) is 16.6. The van der Waals surface area contributed by atoms with Gasteiger partial charge in [0.15, 0.2) is 0 Å². The van der Waals surface area contributed by atoms with Gasteiger partial charge in [0.1, 0.15) is 0 Å². The summed E-state index contributed by atoms with van der Waals surface area (Å²) in [5.74, 6) is 0.0691. The number of hydrogen-bond donors (Lipinski definition) is 1. The van der Waals surface area contributed by atoms with Crippen molar-refractivity contribution in [3.05, 3.63) is 66.0 Å². The molecule has 0 radical (unpaired) electrons. The van der Waals surface area contributed by atoms with Gasteiger partial charge in [-0.25, -0.2) is 13.1 Å². The number of sulfonamides is 1. The van der Waals surface area contributed by atoms with Gasteiger partial charge in [-0.05, 0) is 37.5 Å². The topological polar surface area (TPSA) is 59.1 Å². The second-order valence-corrected chi connectivity index (χ2v) is 7.31. The van der Waals surface area contributed by atoms with E-state index in [1.54, 1.807) is 6.20 Å². The first-order valence-electron chi connectivity index (χ1n) is 7.49.